The molecule has 0 aromatic rings. The van der Waals surface area contributed by atoms with Gasteiger partial charge in [0.25, 0.3) is 0 Å². The SMILES string of the molecule is N#CC(N)CC1CCNC1=O. The zero-order chi connectivity index (χ0) is 8.27. The van der Waals surface area contributed by atoms with E-state index in [2.05, 4.69) is 5.32 Å². The second kappa shape index (κ2) is 3.35. The molecule has 1 aliphatic heterocycles. The van der Waals surface area contributed by atoms with E-state index in [9.17, 15) is 4.79 Å². The molecule has 1 heterocycles. The Kier molecular flexibility index (Phi) is 2.44. The highest BCUT2D eigenvalue weighted by molar-refractivity contribution is 5.80. The summed E-state index contributed by atoms with van der Waals surface area (Å²) in [5, 5.41) is 11.1. The lowest BCUT2D eigenvalue weighted by molar-refractivity contribution is -0.122. The van der Waals surface area contributed by atoms with Gasteiger partial charge in [-0.05, 0) is 12.8 Å². The van der Waals surface area contributed by atoms with Crippen molar-refractivity contribution in [1.82, 2.24) is 5.32 Å². The molecule has 0 spiro atoms. The minimum Gasteiger partial charge on any atom is -0.356 e. The van der Waals surface area contributed by atoms with Gasteiger partial charge in [-0.3, -0.25) is 4.79 Å². The lowest BCUT2D eigenvalue weighted by Gasteiger charge is -2.06. The van der Waals surface area contributed by atoms with Gasteiger partial charge in [-0.15, -0.1) is 0 Å². The van der Waals surface area contributed by atoms with Crippen molar-refractivity contribution in [2.24, 2.45) is 11.7 Å². The third-order valence-electron chi connectivity index (χ3n) is 1.87. The Hall–Kier alpha value is -1.08. The lowest BCUT2D eigenvalue weighted by Crippen LogP contribution is -2.26. The van der Waals surface area contributed by atoms with Crippen molar-refractivity contribution < 1.29 is 4.79 Å². The second-order valence-corrected chi connectivity index (χ2v) is 2.75. The molecule has 4 nitrogen and oxygen atoms in total. The molecule has 0 saturated carbocycles. The van der Waals surface area contributed by atoms with E-state index >= 15 is 0 Å². The van der Waals surface area contributed by atoms with Crippen LogP contribution in [-0.2, 0) is 4.79 Å². The molecule has 2 unspecified atom stereocenters. The Morgan fingerprint density at radius 2 is 2.64 bits per heavy atom. The second-order valence-electron chi connectivity index (χ2n) is 2.75. The van der Waals surface area contributed by atoms with Crippen LogP contribution in [-0.4, -0.2) is 18.5 Å². The monoisotopic (exact) mass is 153 g/mol. The number of nitriles is 1. The standard InChI is InChI=1S/C7H11N3O/c8-4-6(9)3-5-1-2-10-7(5)11/h5-6H,1-3,9H2,(H,10,11). The summed E-state index contributed by atoms with van der Waals surface area (Å²) < 4.78 is 0. The molecule has 1 amide bonds. The average Bonchev–Trinajstić information content (AvgIpc) is 2.37. The maximum Gasteiger partial charge on any atom is 0.223 e. The Bertz CT molecular complexity index is 196. The molecule has 11 heavy (non-hydrogen) atoms. The van der Waals surface area contributed by atoms with Gasteiger partial charge < -0.3 is 11.1 Å². The third kappa shape index (κ3) is 1.92. The Morgan fingerprint density at radius 1 is 1.91 bits per heavy atom. The molecule has 0 bridgehead atoms. The minimum absolute atomic E-state index is 0.0374. The van der Waals surface area contributed by atoms with Gasteiger partial charge in [0.05, 0.1) is 12.1 Å². The van der Waals surface area contributed by atoms with Gasteiger partial charge >= 0.3 is 0 Å². The zero-order valence-electron chi connectivity index (χ0n) is 6.21. The first kappa shape index (κ1) is 8.02. The summed E-state index contributed by atoms with van der Waals surface area (Å²) in [5.41, 5.74) is 5.37. The van der Waals surface area contributed by atoms with E-state index in [0.29, 0.717) is 6.42 Å². The summed E-state index contributed by atoms with van der Waals surface area (Å²) in [6.07, 6.45) is 1.30. The van der Waals surface area contributed by atoms with E-state index in [-0.39, 0.29) is 11.8 Å². The highest BCUT2D eigenvalue weighted by Crippen LogP contribution is 2.14. The summed E-state index contributed by atoms with van der Waals surface area (Å²) in [5.74, 6) is 0.000324. The predicted octanol–water partition coefficient (Wildman–Crippen LogP) is -0.637. The van der Waals surface area contributed by atoms with Crippen LogP contribution >= 0.6 is 0 Å². The topological polar surface area (TPSA) is 78.9 Å². The number of nitrogens with one attached hydrogen (secondary N) is 1. The molecule has 1 aliphatic rings. The summed E-state index contributed by atoms with van der Waals surface area (Å²) >= 11 is 0. The van der Waals surface area contributed by atoms with Crippen molar-refractivity contribution in [3.63, 3.8) is 0 Å². The molecule has 0 aromatic heterocycles. The third-order valence-corrected chi connectivity index (χ3v) is 1.87. The molecule has 1 fully saturated rings. The number of rotatable bonds is 2. The summed E-state index contributed by atoms with van der Waals surface area (Å²) in [6, 6.07) is 1.41. The van der Waals surface area contributed by atoms with Gasteiger partial charge in [-0.1, -0.05) is 0 Å². The molecule has 0 aromatic carbocycles. The van der Waals surface area contributed by atoms with E-state index < -0.39 is 6.04 Å². The van der Waals surface area contributed by atoms with E-state index in [0.717, 1.165) is 13.0 Å². The fourth-order valence-corrected chi connectivity index (χ4v) is 1.23. The van der Waals surface area contributed by atoms with Crippen LogP contribution in [0.3, 0.4) is 0 Å². The maximum absolute atomic E-state index is 10.9. The van der Waals surface area contributed by atoms with Crippen LogP contribution in [0.25, 0.3) is 0 Å². The first-order chi connectivity index (χ1) is 5.24. The Morgan fingerprint density at radius 3 is 3.09 bits per heavy atom. The highest BCUT2D eigenvalue weighted by Gasteiger charge is 2.25. The largest absolute Gasteiger partial charge is 0.356 e. The van der Waals surface area contributed by atoms with Gasteiger partial charge in [0.2, 0.25) is 5.91 Å². The van der Waals surface area contributed by atoms with Crippen LogP contribution in [0.15, 0.2) is 0 Å². The number of carbonyl (C=O) groups excluding carboxylic acids is 1. The number of hydrogen-bond donors (Lipinski definition) is 2. The fourth-order valence-electron chi connectivity index (χ4n) is 1.23. The normalized spacial score (nSPS) is 25.8. The molecule has 3 N–H and O–H groups in total. The first-order valence-corrected chi connectivity index (χ1v) is 3.67. The van der Waals surface area contributed by atoms with Gasteiger partial charge in [-0.2, -0.15) is 5.26 Å². The van der Waals surface area contributed by atoms with Gasteiger partial charge in [0.15, 0.2) is 0 Å². The van der Waals surface area contributed by atoms with Crippen LogP contribution in [0.2, 0.25) is 0 Å². The first-order valence-electron chi connectivity index (χ1n) is 3.67. The van der Waals surface area contributed by atoms with Crippen LogP contribution < -0.4 is 11.1 Å². The summed E-state index contributed by atoms with van der Waals surface area (Å²) in [7, 11) is 0. The molecule has 0 aliphatic carbocycles. The molecule has 1 rings (SSSR count). The number of nitrogens with zero attached hydrogens (tertiary/aromatic N) is 1. The quantitative estimate of drug-likeness (QED) is 0.554. The number of hydrogen-bond acceptors (Lipinski definition) is 3. The Balaban J connectivity index is 2.38. The van der Waals surface area contributed by atoms with Gasteiger partial charge in [-0.25, -0.2) is 0 Å². The highest BCUT2D eigenvalue weighted by atomic mass is 16.2. The maximum atomic E-state index is 10.9. The lowest BCUT2D eigenvalue weighted by atomic mass is 10.00. The fraction of sp³-hybridized carbons (Fsp3) is 0.714. The van der Waals surface area contributed by atoms with E-state index in [1.807, 2.05) is 6.07 Å². The Labute approximate surface area is 65.4 Å². The van der Waals surface area contributed by atoms with Gasteiger partial charge in [0, 0.05) is 12.5 Å². The van der Waals surface area contributed by atoms with Gasteiger partial charge in [0.1, 0.15) is 0 Å². The predicted molar refractivity (Wildman–Crippen MR) is 39.3 cm³/mol. The molecule has 2 atom stereocenters. The molecule has 60 valence electrons. The van der Waals surface area contributed by atoms with E-state index in [1.165, 1.54) is 0 Å². The average molecular weight is 153 g/mol. The summed E-state index contributed by atoms with van der Waals surface area (Å²) in [6.45, 7) is 0.724. The van der Waals surface area contributed by atoms with Crippen LogP contribution in [0.5, 0.6) is 0 Å². The van der Waals surface area contributed by atoms with Crippen LogP contribution in [0.4, 0.5) is 0 Å². The van der Waals surface area contributed by atoms with Crippen molar-refractivity contribution >= 4 is 5.91 Å². The number of carbonyl (C=O) groups is 1. The molecule has 0 radical (unpaired) electrons. The van der Waals surface area contributed by atoms with Crippen molar-refractivity contribution in [2.45, 2.75) is 18.9 Å². The van der Waals surface area contributed by atoms with E-state index in [4.69, 9.17) is 11.0 Å². The molecule has 4 heteroatoms. The minimum atomic E-state index is -0.496. The molecule has 1 saturated heterocycles. The molecular formula is C7H11N3O. The van der Waals surface area contributed by atoms with Crippen molar-refractivity contribution in [3.05, 3.63) is 0 Å². The van der Waals surface area contributed by atoms with Crippen molar-refractivity contribution in [3.8, 4) is 6.07 Å². The number of nitrogens with two attached hydrogens (primary N) is 1. The molecular weight excluding hydrogens is 142 g/mol. The van der Waals surface area contributed by atoms with Crippen LogP contribution in [0.1, 0.15) is 12.8 Å². The van der Waals surface area contributed by atoms with E-state index in [1.54, 1.807) is 0 Å². The van der Waals surface area contributed by atoms with Crippen LogP contribution in [0, 0.1) is 17.2 Å². The number of amides is 1. The van der Waals surface area contributed by atoms with Crippen molar-refractivity contribution in [2.75, 3.05) is 6.54 Å². The van der Waals surface area contributed by atoms with Crippen molar-refractivity contribution in [1.29, 1.82) is 5.26 Å². The smallest absolute Gasteiger partial charge is 0.223 e. The zero-order valence-corrected chi connectivity index (χ0v) is 6.21. The summed E-state index contributed by atoms with van der Waals surface area (Å²) in [4.78, 5) is 10.9.